The van der Waals surface area contributed by atoms with E-state index in [9.17, 15) is 4.39 Å². The Hall–Kier alpha value is -2.27. The molecular weight excluding hydrogens is 283 g/mol. The van der Waals surface area contributed by atoms with Gasteiger partial charge in [0.2, 0.25) is 0 Å². The lowest BCUT2D eigenvalue weighted by Crippen LogP contribution is -2.14. The summed E-state index contributed by atoms with van der Waals surface area (Å²) >= 11 is 5.92. The van der Waals surface area contributed by atoms with E-state index in [1.165, 1.54) is 12.1 Å². The molecule has 6 heteroatoms. The highest BCUT2D eigenvalue weighted by Crippen LogP contribution is 2.33. The van der Waals surface area contributed by atoms with Crippen molar-refractivity contribution in [3.8, 4) is 11.5 Å². The van der Waals surface area contributed by atoms with Crippen molar-refractivity contribution >= 4 is 17.4 Å². The molecule has 104 valence electrons. The van der Waals surface area contributed by atoms with Gasteiger partial charge >= 0.3 is 0 Å². The molecule has 0 spiro atoms. The zero-order valence-electron chi connectivity index (χ0n) is 10.6. The van der Waals surface area contributed by atoms with Crippen LogP contribution in [0.15, 0.2) is 41.6 Å². The van der Waals surface area contributed by atoms with Crippen LogP contribution in [0.2, 0.25) is 5.02 Å². The van der Waals surface area contributed by atoms with Crippen LogP contribution >= 0.6 is 11.6 Å². The van der Waals surface area contributed by atoms with Gasteiger partial charge in [0, 0.05) is 0 Å². The standard InChI is InChI=1S/C14H12ClFN2O2/c1-8-3-2-4-10(14(17)18-19)13(8)20-12-6-5-9(16)7-11(12)15/h2-7,19H,1H3,(H2,17,18). The molecule has 0 radical (unpaired) electrons. The largest absolute Gasteiger partial charge is 0.455 e. The number of rotatable bonds is 3. The van der Waals surface area contributed by atoms with E-state index in [0.717, 1.165) is 11.6 Å². The van der Waals surface area contributed by atoms with Crippen LogP contribution in [0.5, 0.6) is 11.5 Å². The third-order valence-electron chi connectivity index (χ3n) is 2.70. The van der Waals surface area contributed by atoms with E-state index in [0.29, 0.717) is 11.3 Å². The first-order valence-corrected chi connectivity index (χ1v) is 6.11. The molecule has 0 aliphatic carbocycles. The van der Waals surface area contributed by atoms with E-state index in [4.69, 9.17) is 27.3 Å². The summed E-state index contributed by atoms with van der Waals surface area (Å²) in [4.78, 5) is 0. The molecule has 0 bridgehead atoms. The Morgan fingerprint density at radius 1 is 1.35 bits per heavy atom. The zero-order chi connectivity index (χ0) is 14.7. The molecule has 0 aromatic heterocycles. The van der Waals surface area contributed by atoms with E-state index in [2.05, 4.69) is 5.16 Å². The number of nitrogens with two attached hydrogens (primary N) is 1. The highest BCUT2D eigenvalue weighted by Gasteiger charge is 2.13. The summed E-state index contributed by atoms with van der Waals surface area (Å²) in [7, 11) is 0. The predicted molar refractivity (Wildman–Crippen MR) is 75.2 cm³/mol. The summed E-state index contributed by atoms with van der Waals surface area (Å²) in [5, 5.41) is 11.9. The first-order chi connectivity index (χ1) is 9.52. The maximum absolute atomic E-state index is 13.0. The number of oxime groups is 1. The van der Waals surface area contributed by atoms with Crippen LogP contribution < -0.4 is 10.5 Å². The van der Waals surface area contributed by atoms with Gasteiger partial charge in [-0.25, -0.2) is 4.39 Å². The summed E-state index contributed by atoms with van der Waals surface area (Å²) in [6, 6.07) is 9.01. The quantitative estimate of drug-likeness (QED) is 0.393. The van der Waals surface area contributed by atoms with Crippen molar-refractivity contribution in [1.82, 2.24) is 0 Å². The first-order valence-electron chi connectivity index (χ1n) is 5.73. The van der Waals surface area contributed by atoms with Gasteiger partial charge in [0.05, 0.1) is 10.6 Å². The van der Waals surface area contributed by atoms with E-state index in [-0.39, 0.29) is 16.6 Å². The van der Waals surface area contributed by atoms with Gasteiger partial charge in [-0.2, -0.15) is 0 Å². The second kappa shape index (κ2) is 5.79. The number of nitrogens with zero attached hydrogens (tertiary/aromatic N) is 1. The van der Waals surface area contributed by atoms with Crippen LogP contribution in [-0.4, -0.2) is 11.0 Å². The SMILES string of the molecule is Cc1cccc(/C(N)=N/O)c1Oc1ccc(F)cc1Cl. The Balaban J connectivity index is 2.48. The summed E-state index contributed by atoms with van der Waals surface area (Å²) in [6.07, 6.45) is 0. The minimum absolute atomic E-state index is 0.0815. The molecule has 0 saturated heterocycles. The fourth-order valence-corrected chi connectivity index (χ4v) is 1.92. The second-order valence-corrected chi connectivity index (χ2v) is 4.52. The Morgan fingerprint density at radius 3 is 2.75 bits per heavy atom. The minimum Gasteiger partial charge on any atom is -0.455 e. The van der Waals surface area contributed by atoms with Gasteiger partial charge in [-0.1, -0.05) is 28.9 Å². The van der Waals surface area contributed by atoms with Crippen molar-refractivity contribution in [2.75, 3.05) is 0 Å². The summed E-state index contributed by atoms with van der Waals surface area (Å²) < 4.78 is 18.7. The first kappa shape index (κ1) is 14.1. The number of aryl methyl sites for hydroxylation is 1. The molecule has 0 fully saturated rings. The molecule has 0 aliphatic rings. The van der Waals surface area contributed by atoms with Crippen LogP contribution in [0.4, 0.5) is 4.39 Å². The summed E-state index contributed by atoms with van der Waals surface area (Å²) in [5.41, 5.74) is 6.80. The monoisotopic (exact) mass is 294 g/mol. The normalized spacial score (nSPS) is 11.4. The Morgan fingerprint density at radius 2 is 2.10 bits per heavy atom. The lowest BCUT2D eigenvalue weighted by molar-refractivity contribution is 0.318. The van der Waals surface area contributed by atoms with Crippen molar-refractivity contribution in [2.24, 2.45) is 10.9 Å². The Kier molecular flexibility index (Phi) is 4.10. The summed E-state index contributed by atoms with van der Waals surface area (Å²) in [5.74, 6) is 0.149. The van der Waals surface area contributed by atoms with E-state index in [1.807, 2.05) is 0 Å². The molecule has 0 aliphatic heterocycles. The summed E-state index contributed by atoms with van der Waals surface area (Å²) in [6.45, 7) is 1.81. The van der Waals surface area contributed by atoms with Gasteiger partial charge < -0.3 is 15.7 Å². The number of amidine groups is 1. The lowest BCUT2D eigenvalue weighted by atomic mass is 10.1. The average molecular weight is 295 g/mol. The number of ether oxygens (including phenoxy) is 1. The molecule has 2 aromatic carbocycles. The fraction of sp³-hybridized carbons (Fsp3) is 0.0714. The van der Waals surface area contributed by atoms with Crippen LogP contribution in [0.1, 0.15) is 11.1 Å². The van der Waals surface area contributed by atoms with Gasteiger partial charge in [0.15, 0.2) is 5.84 Å². The van der Waals surface area contributed by atoms with Gasteiger partial charge in [-0.05, 0) is 36.8 Å². The minimum atomic E-state index is -0.455. The van der Waals surface area contributed by atoms with Gasteiger partial charge in [0.1, 0.15) is 17.3 Å². The maximum Gasteiger partial charge on any atom is 0.173 e. The highest BCUT2D eigenvalue weighted by molar-refractivity contribution is 6.32. The molecule has 0 unspecified atom stereocenters. The maximum atomic E-state index is 13.0. The Labute approximate surface area is 120 Å². The fourth-order valence-electron chi connectivity index (χ4n) is 1.71. The van der Waals surface area contributed by atoms with Crippen LogP contribution in [-0.2, 0) is 0 Å². The highest BCUT2D eigenvalue weighted by atomic mass is 35.5. The molecule has 3 N–H and O–H groups in total. The second-order valence-electron chi connectivity index (χ2n) is 4.11. The molecule has 2 rings (SSSR count). The van der Waals surface area contributed by atoms with E-state index in [1.54, 1.807) is 25.1 Å². The van der Waals surface area contributed by atoms with E-state index >= 15 is 0 Å². The third kappa shape index (κ3) is 2.83. The number of hydrogen-bond donors (Lipinski definition) is 2. The van der Waals surface area contributed by atoms with Crippen molar-refractivity contribution in [3.63, 3.8) is 0 Å². The molecule has 2 aromatic rings. The number of benzene rings is 2. The van der Waals surface area contributed by atoms with Crippen molar-refractivity contribution < 1.29 is 14.3 Å². The molecule has 20 heavy (non-hydrogen) atoms. The van der Waals surface area contributed by atoms with Crippen LogP contribution in [0, 0.1) is 12.7 Å². The number of halogens is 2. The average Bonchev–Trinajstić information content (AvgIpc) is 2.42. The topological polar surface area (TPSA) is 67.8 Å². The lowest BCUT2D eigenvalue weighted by Gasteiger charge is -2.14. The van der Waals surface area contributed by atoms with Crippen molar-refractivity contribution in [3.05, 3.63) is 58.4 Å². The molecule has 0 amide bonds. The van der Waals surface area contributed by atoms with Gasteiger partial charge in [-0.15, -0.1) is 0 Å². The van der Waals surface area contributed by atoms with Gasteiger partial charge in [0.25, 0.3) is 0 Å². The van der Waals surface area contributed by atoms with Crippen molar-refractivity contribution in [2.45, 2.75) is 6.92 Å². The van der Waals surface area contributed by atoms with Crippen molar-refractivity contribution in [1.29, 1.82) is 0 Å². The molecule has 0 atom stereocenters. The smallest absolute Gasteiger partial charge is 0.173 e. The predicted octanol–water partition coefficient (Wildman–Crippen LogP) is 3.67. The molecular formula is C14H12ClFN2O2. The van der Waals surface area contributed by atoms with Crippen LogP contribution in [0.25, 0.3) is 0 Å². The third-order valence-corrected chi connectivity index (χ3v) is 3.00. The Bertz CT molecular complexity index is 674. The molecule has 0 heterocycles. The van der Waals surface area contributed by atoms with Crippen LogP contribution in [0.3, 0.4) is 0 Å². The van der Waals surface area contributed by atoms with E-state index < -0.39 is 5.82 Å². The zero-order valence-corrected chi connectivity index (χ0v) is 11.4. The number of para-hydroxylation sites is 1. The molecule has 4 nitrogen and oxygen atoms in total. The molecule has 0 saturated carbocycles. The van der Waals surface area contributed by atoms with Gasteiger partial charge in [-0.3, -0.25) is 0 Å². The number of hydrogen-bond acceptors (Lipinski definition) is 3.